The fourth-order valence-electron chi connectivity index (χ4n) is 1.41. The molecule has 0 heterocycles. The maximum atomic E-state index is 11.4. The normalized spacial score (nSPS) is 13.7. The summed E-state index contributed by atoms with van der Waals surface area (Å²) in [6.45, 7) is 1.21. The molecule has 0 amide bonds. The van der Waals surface area contributed by atoms with Crippen LogP contribution in [0.4, 0.5) is 11.4 Å². The number of benzene rings is 1. The van der Waals surface area contributed by atoms with Crippen LogP contribution < -0.4 is 10.5 Å². The summed E-state index contributed by atoms with van der Waals surface area (Å²) in [7, 11) is -7.34. The van der Waals surface area contributed by atoms with Gasteiger partial charge in [-0.1, -0.05) is 0 Å². The van der Waals surface area contributed by atoms with Crippen molar-refractivity contribution in [3.8, 4) is 0 Å². The molecule has 1 aromatic rings. The van der Waals surface area contributed by atoms with Gasteiger partial charge in [0.25, 0.3) is 5.69 Å². The van der Waals surface area contributed by atoms with Crippen LogP contribution in [0.15, 0.2) is 23.1 Å². The summed E-state index contributed by atoms with van der Waals surface area (Å²) in [5.41, 5.74) is -0.442. The zero-order chi connectivity index (χ0) is 16.4. The van der Waals surface area contributed by atoms with Crippen molar-refractivity contribution in [3.05, 3.63) is 28.3 Å². The molecule has 21 heavy (non-hydrogen) atoms. The summed E-state index contributed by atoms with van der Waals surface area (Å²) < 4.78 is 44.9. The first-order valence-corrected chi connectivity index (χ1v) is 9.17. The Kier molecular flexibility index (Phi) is 4.91. The van der Waals surface area contributed by atoms with E-state index in [1.807, 2.05) is 0 Å². The first kappa shape index (κ1) is 17.3. The van der Waals surface area contributed by atoms with Gasteiger partial charge in [0.1, 0.15) is 5.69 Å². The summed E-state index contributed by atoms with van der Waals surface area (Å²) in [5, 5.41) is 17.5. The highest BCUT2D eigenvalue weighted by molar-refractivity contribution is 7.90. The average Bonchev–Trinajstić information content (AvgIpc) is 2.33. The number of primary sulfonamides is 1. The third-order valence-corrected chi connectivity index (χ3v) is 5.13. The second-order valence-electron chi connectivity index (χ2n) is 4.49. The second kappa shape index (κ2) is 5.95. The van der Waals surface area contributed by atoms with E-state index in [0.717, 1.165) is 12.3 Å². The van der Waals surface area contributed by atoms with E-state index in [2.05, 4.69) is 5.32 Å². The lowest BCUT2D eigenvalue weighted by molar-refractivity contribution is -0.384. The molecular formula is C10H15N3O6S2. The van der Waals surface area contributed by atoms with Gasteiger partial charge in [0.15, 0.2) is 9.84 Å². The Morgan fingerprint density at radius 1 is 1.33 bits per heavy atom. The fraction of sp³-hybridized carbons (Fsp3) is 0.400. The molecule has 0 aliphatic rings. The Morgan fingerprint density at radius 2 is 1.90 bits per heavy atom. The number of nitrogens with two attached hydrogens (primary N) is 1. The summed E-state index contributed by atoms with van der Waals surface area (Å²) in [6.07, 6.45) is 0.933. The van der Waals surface area contributed by atoms with E-state index >= 15 is 0 Å². The lowest BCUT2D eigenvalue weighted by Crippen LogP contribution is -2.31. The first-order valence-electron chi connectivity index (χ1n) is 5.67. The van der Waals surface area contributed by atoms with E-state index in [9.17, 15) is 26.9 Å². The number of nitro benzene ring substituents is 1. The first-order chi connectivity index (χ1) is 9.43. The van der Waals surface area contributed by atoms with Gasteiger partial charge in [-0.15, -0.1) is 0 Å². The third-order valence-electron chi connectivity index (χ3n) is 2.73. The van der Waals surface area contributed by atoms with Crippen LogP contribution in [0.1, 0.15) is 6.92 Å². The molecule has 0 radical (unpaired) electrons. The van der Waals surface area contributed by atoms with Crippen LogP contribution in [0.5, 0.6) is 0 Å². The highest BCUT2D eigenvalue weighted by atomic mass is 32.2. The van der Waals surface area contributed by atoms with Crippen molar-refractivity contribution in [2.45, 2.75) is 17.1 Å². The van der Waals surface area contributed by atoms with Crippen LogP contribution in [0.25, 0.3) is 0 Å². The molecule has 0 aliphatic heterocycles. The standard InChI is InChI=1S/C10H15N3O6S2/c1-7(21(11,18)19)6-12-9-4-3-8(20(2,16)17)5-10(9)13(14)15/h3-5,7,12H,6H2,1-2H3,(H2,11,18,19). The lowest BCUT2D eigenvalue weighted by atomic mass is 10.2. The van der Waals surface area contributed by atoms with Gasteiger partial charge in [-0.2, -0.15) is 0 Å². The molecule has 1 rings (SSSR count). The molecule has 0 saturated heterocycles. The van der Waals surface area contributed by atoms with Crippen LogP contribution in [0.3, 0.4) is 0 Å². The quantitative estimate of drug-likeness (QED) is 0.551. The van der Waals surface area contributed by atoms with E-state index < -0.39 is 35.7 Å². The van der Waals surface area contributed by atoms with Gasteiger partial charge in [0.05, 0.1) is 15.1 Å². The predicted molar refractivity (Wildman–Crippen MR) is 77.3 cm³/mol. The molecule has 118 valence electrons. The van der Waals surface area contributed by atoms with Crippen molar-refractivity contribution in [1.29, 1.82) is 0 Å². The van der Waals surface area contributed by atoms with Crippen LogP contribution >= 0.6 is 0 Å². The minimum Gasteiger partial charge on any atom is -0.378 e. The highest BCUT2D eigenvalue weighted by Crippen LogP contribution is 2.27. The van der Waals surface area contributed by atoms with Crippen molar-refractivity contribution in [2.24, 2.45) is 5.14 Å². The Bertz CT molecular complexity index is 757. The zero-order valence-corrected chi connectivity index (χ0v) is 12.9. The Balaban J connectivity index is 3.12. The number of anilines is 1. The van der Waals surface area contributed by atoms with E-state index in [0.29, 0.717) is 0 Å². The Labute approximate surface area is 122 Å². The minimum atomic E-state index is -3.77. The van der Waals surface area contributed by atoms with Crippen molar-refractivity contribution < 1.29 is 21.8 Å². The fourth-order valence-corrected chi connectivity index (χ4v) is 2.37. The molecule has 0 bridgehead atoms. The molecule has 0 spiro atoms. The Hall–Kier alpha value is -1.72. The van der Waals surface area contributed by atoms with Gasteiger partial charge in [-0.3, -0.25) is 10.1 Å². The zero-order valence-electron chi connectivity index (χ0n) is 11.3. The molecule has 3 N–H and O–H groups in total. The number of nitro groups is 1. The van der Waals surface area contributed by atoms with Crippen molar-refractivity contribution in [3.63, 3.8) is 0 Å². The monoisotopic (exact) mass is 337 g/mol. The van der Waals surface area contributed by atoms with Crippen LogP contribution in [-0.4, -0.2) is 39.8 Å². The van der Waals surface area contributed by atoms with Crippen LogP contribution in [0.2, 0.25) is 0 Å². The molecule has 11 heteroatoms. The number of hydrogen-bond acceptors (Lipinski definition) is 7. The number of nitrogens with zero attached hydrogens (tertiary/aromatic N) is 1. The summed E-state index contributed by atoms with van der Waals surface area (Å²) in [4.78, 5) is 10.0. The summed E-state index contributed by atoms with van der Waals surface area (Å²) in [5.74, 6) is 0. The molecule has 0 saturated carbocycles. The lowest BCUT2D eigenvalue weighted by Gasteiger charge is -2.12. The maximum absolute atomic E-state index is 11.4. The third kappa shape index (κ3) is 4.65. The van der Waals surface area contributed by atoms with Gasteiger partial charge in [0, 0.05) is 18.9 Å². The topological polar surface area (TPSA) is 149 Å². The van der Waals surface area contributed by atoms with Crippen LogP contribution in [-0.2, 0) is 19.9 Å². The second-order valence-corrected chi connectivity index (χ2v) is 8.49. The van der Waals surface area contributed by atoms with E-state index in [1.54, 1.807) is 0 Å². The molecule has 9 nitrogen and oxygen atoms in total. The van der Waals surface area contributed by atoms with Gasteiger partial charge in [-0.05, 0) is 19.1 Å². The molecule has 0 aliphatic carbocycles. The number of rotatable bonds is 6. The smallest absolute Gasteiger partial charge is 0.293 e. The largest absolute Gasteiger partial charge is 0.378 e. The number of nitrogens with one attached hydrogen (secondary N) is 1. The number of sulfonamides is 1. The molecular weight excluding hydrogens is 322 g/mol. The predicted octanol–water partition coefficient (Wildman–Crippen LogP) is 0.0872. The molecule has 1 atom stereocenters. The van der Waals surface area contributed by atoms with E-state index in [4.69, 9.17) is 5.14 Å². The van der Waals surface area contributed by atoms with Crippen molar-refractivity contribution in [2.75, 3.05) is 18.1 Å². The highest BCUT2D eigenvalue weighted by Gasteiger charge is 2.21. The van der Waals surface area contributed by atoms with Crippen molar-refractivity contribution >= 4 is 31.2 Å². The number of sulfone groups is 1. The van der Waals surface area contributed by atoms with E-state index in [1.165, 1.54) is 19.1 Å². The summed E-state index contributed by atoms with van der Waals surface area (Å²) in [6, 6.07) is 3.33. The molecule has 0 fully saturated rings. The van der Waals surface area contributed by atoms with Crippen LogP contribution in [0, 0.1) is 10.1 Å². The summed E-state index contributed by atoms with van der Waals surface area (Å²) >= 11 is 0. The van der Waals surface area contributed by atoms with Gasteiger partial charge in [-0.25, -0.2) is 22.0 Å². The molecule has 1 unspecified atom stereocenters. The number of hydrogen-bond donors (Lipinski definition) is 2. The molecule has 1 aromatic carbocycles. The van der Waals surface area contributed by atoms with Gasteiger partial charge < -0.3 is 5.32 Å². The SMILES string of the molecule is CC(CNc1ccc(S(C)(=O)=O)cc1[N+](=O)[O-])S(N)(=O)=O. The average molecular weight is 337 g/mol. The van der Waals surface area contributed by atoms with E-state index in [-0.39, 0.29) is 17.1 Å². The minimum absolute atomic E-state index is 0.0166. The molecule has 0 aromatic heterocycles. The van der Waals surface area contributed by atoms with Gasteiger partial charge >= 0.3 is 0 Å². The van der Waals surface area contributed by atoms with Crippen molar-refractivity contribution in [1.82, 2.24) is 0 Å². The Morgan fingerprint density at radius 3 is 2.33 bits per heavy atom. The van der Waals surface area contributed by atoms with Gasteiger partial charge in [0.2, 0.25) is 10.0 Å². The maximum Gasteiger partial charge on any atom is 0.293 e.